The molecule has 1 aliphatic rings. The fourth-order valence-corrected chi connectivity index (χ4v) is 2.68. The number of rotatable bonds is 5. The van der Waals surface area contributed by atoms with Crippen molar-refractivity contribution in [2.24, 2.45) is 5.92 Å². The highest BCUT2D eigenvalue weighted by molar-refractivity contribution is 7.12. The predicted octanol–water partition coefficient (Wildman–Crippen LogP) is 1.52. The van der Waals surface area contributed by atoms with E-state index in [2.05, 4.69) is 10.6 Å². The molecule has 1 fully saturated rings. The lowest BCUT2D eigenvalue weighted by Gasteiger charge is -2.22. The molecule has 0 aromatic carbocycles. The summed E-state index contributed by atoms with van der Waals surface area (Å²) in [6, 6.07) is 3.81. The summed E-state index contributed by atoms with van der Waals surface area (Å²) in [5, 5.41) is 8.58. The number of piperidine rings is 1. The molecule has 0 saturated carbocycles. The second kappa shape index (κ2) is 6.13. The molecule has 1 aromatic heterocycles. The molecule has 1 atom stereocenters. The molecule has 0 radical (unpaired) electrons. The zero-order chi connectivity index (χ0) is 11.2. The van der Waals surface area contributed by atoms with E-state index in [1.54, 1.807) is 0 Å². The first kappa shape index (κ1) is 11.8. The predicted molar refractivity (Wildman–Crippen MR) is 67.1 cm³/mol. The Balaban J connectivity index is 1.66. The summed E-state index contributed by atoms with van der Waals surface area (Å²) in [6.45, 7) is 3.64. The van der Waals surface area contributed by atoms with Gasteiger partial charge >= 0.3 is 0 Å². The molecule has 2 heterocycles. The molecule has 16 heavy (non-hydrogen) atoms. The lowest BCUT2D eigenvalue weighted by molar-refractivity contribution is 0.0993. The first-order valence-corrected chi connectivity index (χ1v) is 6.72. The van der Waals surface area contributed by atoms with Crippen LogP contribution in [0.25, 0.3) is 0 Å². The van der Waals surface area contributed by atoms with Crippen LogP contribution in [-0.4, -0.2) is 32.0 Å². The summed E-state index contributed by atoms with van der Waals surface area (Å²) >= 11 is 1.52. The summed E-state index contributed by atoms with van der Waals surface area (Å²) in [6.07, 6.45) is 2.53. The highest BCUT2D eigenvalue weighted by atomic mass is 32.1. The van der Waals surface area contributed by atoms with Gasteiger partial charge in [-0.25, -0.2) is 0 Å². The molecule has 2 N–H and O–H groups in total. The van der Waals surface area contributed by atoms with Gasteiger partial charge in [0.2, 0.25) is 0 Å². The number of ketones is 1. The summed E-state index contributed by atoms with van der Waals surface area (Å²) in [4.78, 5) is 12.5. The van der Waals surface area contributed by atoms with Crippen molar-refractivity contribution in [1.82, 2.24) is 10.6 Å². The van der Waals surface area contributed by atoms with E-state index in [0.717, 1.165) is 24.5 Å². The first-order chi connectivity index (χ1) is 7.86. The maximum absolute atomic E-state index is 11.7. The molecule has 0 spiro atoms. The van der Waals surface area contributed by atoms with E-state index in [9.17, 15) is 4.79 Å². The van der Waals surface area contributed by atoms with Crippen LogP contribution in [0.2, 0.25) is 0 Å². The lowest BCUT2D eigenvalue weighted by atomic mass is 10.00. The Hall–Kier alpha value is -0.710. The molecule has 0 aliphatic carbocycles. The normalized spacial score (nSPS) is 20.9. The molecule has 1 aliphatic heterocycles. The Morgan fingerprint density at radius 1 is 1.62 bits per heavy atom. The van der Waals surface area contributed by atoms with Crippen LogP contribution < -0.4 is 10.6 Å². The van der Waals surface area contributed by atoms with Gasteiger partial charge in [-0.2, -0.15) is 0 Å². The Kier molecular flexibility index (Phi) is 4.51. The van der Waals surface area contributed by atoms with Crippen molar-refractivity contribution >= 4 is 17.1 Å². The fraction of sp³-hybridized carbons (Fsp3) is 0.583. The van der Waals surface area contributed by atoms with Gasteiger partial charge < -0.3 is 10.6 Å². The Bertz CT molecular complexity index is 318. The van der Waals surface area contributed by atoms with Gasteiger partial charge in [0.1, 0.15) is 0 Å². The number of nitrogens with one attached hydrogen (secondary N) is 2. The lowest BCUT2D eigenvalue weighted by Crippen LogP contribution is -2.37. The largest absolute Gasteiger partial charge is 0.316 e. The van der Waals surface area contributed by atoms with Crippen molar-refractivity contribution in [3.05, 3.63) is 22.4 Å². The van der Waals surface area contributed by atoms with E-state index in [-0.39, 0.29) is 5.78 Å². The minimum absolute atomic E-state index is 0.207. The highest BCUT2D eigenvalue weighted by Crippen LogP contribution is 2.10. The van der Waals surface area contributed by atoms with Gasteiger partial charge in [-0.3, -0.25) is 4.79 Å². The monoisotopic (exact) mass is 238 g/mol. The van der Waals surface area contributed by atoms with Crippen molar-refractivity contribution in [2.75, 3.05) is 26.2 Å². The van der Waals surface area contributed by atoms with Crippen molar-refractivity contribution in [3.8, 4) is 0 Å². The molecule has 3 nitrogen and oxygen atoms in total. The SMILES string of the molecule is O=C(CNC[C@H]1CCCNC1)c1cccs1. The molecule has 1 aromatic rings. The van der Waals surface area contributed by atoms with E-state index in [0.29, 0.717) is 12.5 Å². The van der Waals surface area contributed by atoms with Crippen molar-refractivity contribution < 1.29 is 4.79 Å². The zero-order valence-electron chi connectivity index (χ0n) is 9.37. The molecule has 0 bridgehead atoms. The number of thiophene rings is 1. The first-order valence-electron chi connectivity index (χ1n) is 5.84. The molecule has 0 amide bonds. The summed E-state index contributed by atoms with van der Waals surface area (Å²) in [5.74, 6) is 0.892. The van der Waals surface area contributed by atoms with Crippen molar-refractivity contribution in [2.45, 2.75) is 12.8 Å². The molecule has 2 rings (SSSR count). The van der Waals surface area contributed by atoms with Gasteiger partial charge in [-0.05, 0) is 49.8 Å². The van der Waals surface area contributed by atoms with Crippen LogP contribution in [0.1, 0.15) is 22.5 Å². The average Bonchev–Trinajstić information content (AvgIpc) is 2.84. The minimum Gasteiger partial charge on any atom is -0.316 e. The average molecular weight is 238 g/mol. The van der Waals surface area contributed by atoms with Crippen molar-refractivity contribution in [1.29, 1.82) is 0 Å². The fourth-order valence-electron chi connectivity index (χ4n) is 2.01. The van der Waals surface area contributed by atoms with E-state index < -0.39 is 0 Å². The van der Waals surface area contributed by atoms with Crippen LogP contribution in [0.4, 0.5) is 0 Å². The van der Waals surface area contributed by atoms with Crippen LogP contribution in [-0.2, 0) is 0 Å². The second-order valence-corrected chi connectivity index (χ2v) is 5.19. The van der Waals surface area contributed by atoms with Gasteiger partial charge in [0, 0.05) is 0 Å². The highest BCUT2D eigenvalue weighted by Gasteiger charge is 2.13. The standard InChI is InChI=1S/C12H18N2OS/c15-11(12-4-2-6-16-12)9-14-8-10-3-1-5-13-7-10/h2,4,6,10,13-14H,1,3,5,7-9H2/t10-/m0/s1. The van der Waals surface area contributed by atoms with Gasteiger partial charge in [-0.1, -0.05) is 6.07 Å². The van der Waals surface area contributed by atoms with Crippen LogP contribution in [0.3, 0.4) is 0 Å². The maximum atomic E-state index is 11.7. The summed E-state index contributed by atoms with van der Waals surface area (Å²) in [7, 11) is 0. The van der Waals surface area contributed by atoms with Crippen LogP contribution in [0, 0.1) is 5.92 Å². The summed E-state index contributed by atoms with van der Waals surface area (Å²) in [5.41, 5.74) is 0. The molecule has 4 heteroatoms. The molecule has 88 valence electrons. The van der Waals surface area contributed by atoms with Gasteiger partial charge in [0.05, 0.1) is 11.4 Å². The molecular weight excluding hydrogens is 220 g/mol. The van der Waals surface area contributed by atoms with Gasteiger partial charge in [0.25, 0.3) is 0 Å². The van der Waals surface area contributed by atoms with Gasteiger partial charge in [0.15, 0.2) is 5.78 Å². The summed E-state index contributed by atoms with van der Waals surface area (Å²) < 4.78 is 0. The number of Topliss-reactive ketones (excluding diaryl/α,β-unsaturated/α-hetero) is 1. The Morgan fingerprint density at radius 3 is 3.25 bits per heavy atom. The van der Waals surface area contributed by atoms with Crippen LogP contribution in [0.5, 0.6) is 0 Å². The zero-order valence-corrected chi connectivity index (χ0v) is 10.2. The van der Waals surface area contributed by atoms with Crippen LogP contribution in [0.15, 0.2) is 17.5 Å². The minimum atomic E-state index is 0.207. The number of carbonyl (C=O) groups is 1. The third kappa shape index (κ3) is 3.40. The van der Waals surface area contributed by atoms with E-state index in [1.165, 1.54) is 24.2 Å². The Labute approximate surface area is 100 Å². The molecular formula is C12H18N2OS. The third-order valence-electron chi connectivity index (χ3n) is 2.91. The van der Waals surface area contributed by atoms with E-state index >= 15 is 0 Å². The number of carbonyl (C=O) groups excluding carboxylic acids is 1. The maximum Gasteiger partial charge on any atom is 0.186 e. The van der Waals surface area contributed by atoms with Gasteiger partial charge in [-0.15, -0.1) is 11.3 Å². The van der Waals surface area contributed by atoms with E-state index in [1.807, 2.05) is 17.5 Å². The molecule has 0 unspecified atom stereocenters. The topological polar surface area (TPSA) is 41.1 Å². The molecule has 1 saturated heterocycles. The Morgan fingerprint density at radius 2 is 2.56 bits per heavy atom. The van der Waals surface area contributed by atoms with Crippen molar-refractivity contribution in [3.63, 3.8) is 0 Å². The number of hydrogen-bond donors (Lipinski definition) is 2. The third-order valence-corrected chi connectivity index (χ3v) is 3.82. The smallest absolute Gasteiger partial charge is 0.186 e. The number of hydrogen-bond acceptors (Lipinski definition) is 4. The van der Waals surface area contributed by atoms with E-state index in [4.69, 9.17) is 0 Å². The quantitative estimate of drug-likeness (QED) is 0.764. The second-order valence-electron chi connectivity index (χ2n) is 4.24. The van der Waals surface area contributed by atoms with Crippen LogP contribution >= 0.6 is 11.3 Å².